The molecule has 2 heterocycles. The number of anilines is 1. The standard InChI is InChI=1S/C18H16N2O2S2/c1-2-23-18-19-12-6-5-11(8-13(12)24-18)20-16(21)14-9-3-4-10(7-9)15(14)17(20)22/h3-6,8-10,14-15H,2,7H2,1H3/t9-,10-,14-,15+/m0/s1. The number of thiazole rings is 1. The van der Waals surface area contributed by atoms with Gasteiger partial charge < -0.3 is 0 Å². The average Bonchev–Trinajstić information content (AvgIpc) is 3.30. The van der Waals surface area contributed by atoms with Crippen LogP contribution >= 0.6 is 23.1 Å². The Bertz CT molecular complexity index is 874. The van der Waals surface area contributed by atoms with Crippen molar-refractivity contribution in [3.8, 4) is 0 Å². The molecule has 6 heteroatoms. The highest BCUT2D eigenvalue weighted by Gasteiger charge is 2.59. The van der Waals surface area contributed by atoms with E-state index in [0.717, 1.165) is 26.7 Å². The van der Waals surface area contributed by atoms with Gasteiger partial charge >= 0.3 is 0 Å². The van der Waals surface area contributed by atoms with Crippen LogP contribution < -0.4 is 4.90 Å². The van der Waals surface area contributed by atoms with Crippen LogP contribution in [0.2, 0.25) is 0 Å². The van der Waals surface area contributed by atoms with Gasteiger partial charge in [-0.15, -0.1) is 11.3 Å². The first kappa shape index (κ1) is 14.7. The number of amides is 2. The van der Waals surface area contributed by atoms with Gasteiger partial charge in [0.25, 0.3) is 0 Å². The topological polar surface area (TPSA) is 50.3 Å². The number of imide groups is 1. The van der Waals surface area contributed by atoms with Crippen molar-refractivity contribution >= 4 is 50.8 Å². The number of benzene rings is 1. The van der Waals surface area contributed by atoms with Gasteiger partial charge in [-0.05, 0) is 42.2 Å². The maximum atomic E-state index is 12.9. The summed E-state index contributed by atoms with van der Waals surface area (Å²) in [7, 11) is 0. The fourth-order valence-electron chi connectivity index (χ4n) is 4.37. The molecule has 5 rings (SSSR count). The molecule has 2 aromatic rings. The molecular weight excluding hydrogens is 340 g/mol. The SMILES string of the molecule is CCSc1nc2ccc(N3C(=O)[C@@H]4[C@H](C3=O)[C@H]3C=C[C@H]4C3)cc2s1. The van der Waals surface area contributed by atoms with Gasteiger partial charge in [0.1, 0.15) is 0 Å². The van der Waals surface area contributed by atoms with Gasteiger partial charge in [-0.3, -0.25) is 9.59 Å². The summed E-state index contributed by atoms with van der Waals surface area (Å²) in [4.78, 5) is 31.8. The minimum atomic E-state index is -0.143. The Hall–Kier alpha value is -1.66. The van der Waals surface area contributed by atoms with Gasteiger partial charge in [0.2, 0.25) is 11.8 Å². The minimum Gasteiger partial charge on any atom is -0.274 e. The normalized spacial score (nSPS) is 30.8. The zero-order valence-electron chi connectivity index (χ0n) is 13.1. The van der Waals surface area contributed by atoms with Crippen LogP contribution in [-0.2, 0) is 9.59 Å². The molecule has 0 unspecified atom stereocenters. The van der Waals surface area contributed by atoms with E-state index in [1.54, 1.807) is 23.1 Å². The molecule has 0 radical (unpaired) electrons. The molecule has 4 nitrogen and oxygen atoms in total. The van der Waals surface area contributed by atoms with Crippen LogP contribution in [0.4, 0.5) is 5.69 Å². The van der Waals surface area contributed by atoms with Crippen molar-refractivity contribution in [2.45, 2.75) is 17.7 Å². The van der Waals surface area contributed by atoms with Crippen LogP contribution in [0.1, 0.15) is 13.3 Å². The van der Waals surface area contributed by atoms with Crippen molar-refractivity contribution in [2.75, 3.05) is 10.7 Å². The molecule has 122 valence electrons. The van der Waals surface area contributed by atoms with Crippen LogP contribution in [-0.4, -0.2) is 22.6 Å². The minimum absolute atomic E-state index is 0.0196. The summed E-state index contributed by atoms with van der Waals surface area (Å²) in [5, 5.41) is 0. The molecule has 2 amide bonds. The van der Waals surface area contributed by atoms with E-state index in [1.165, 1.54) is 4.90 Å². The number of hydrogen-bond donors (Lipinski definition) is 0. The second-order valence-electron chi connectivity index (χ2n) is 6.58. The lowest BCUT2D eigenvalue weighted by atomic mass is 9.85. The van der Waals surface area contributed by atoms with Crippen molar-refractivity contribution in [3.05, 3.63) is 30.4 Å². The Kier molecular flexibility index (Phi) is 3.16. The summed E-state index contributed by atoms with van der Waals surface area (Å²) in [5.41, 5.74) is 1.63. The quantitative estimate of drug-likeness (QED) is 0.478. The first-order chi connectivity index (χ1) is 11.7. The molecule has 1 aromatic heterocycles. The molecule has 2 aliphatic carbocycles. The van der Waals surface area contributed by atoms with E-state index < -0.39 is 0 Å². The van der Waals surface area contributed by atoms with Crippen LogP contribution in [0.5, 0.6) is 0 Å². The van der Waals surface area contributed by atoms with E-state index in [0.29, 0.717) is 5.69 Å². The number of carbonyl (C=O) groups is 2. The fourth-order valence-corrected chi connectivity index (χ4v) is 6.37. The number of hydrogen-bond acceptors (Lipinski definition) is 5. The highest BCUT2D eigenvalue weighted by atomic mass is 32.2. The summed E-state index contributed by atoms with van der Waals surface area (Å²) in [6, 6.07) is 5.72. The molecular formula is C18H16N2O2S2. The highest BCUT2D eigenvalue weighted by Crippen LogP contribution is 2.53. The van der Waals surface area contributed by atoms with Crippen LogP contribution in [0, 0.1) is 23.7 Å². The number of allylic oxidation sites excluding steroid dienone is 2. The molecule has 1 aromatic carbocycles. The van der Waals surface area contributed by atoms with Crippen LogP contribution in [0.15, 0.2) is 34.7 Å². The Labute approximate surface area is 147 Å². The lowest BCUT2D eigenvalue weighted by Gasteiger charge is -2.17. The number of thioether (sulfide) groups is 1. The largest absolute Gasteiger partial charge is 0.274 e. The second-order valence-corrected chi connectivity index (χ2v) is 9.12. The molecule has 24 heavy (non-hydrogen) atoms. The maximum Gasteiger partial charge on any atom is 0.238 e. The van der Waals surface area contributed by atoms with E-state index in [9.17, 15) is 9.59 Å². The van der Waals surface area contributed by atoms with E-state index >= 15 is 0 Å². The van der Waals surface area contributed by atoms with Gasteiger partial charge in [0.05, 0.1) is 27.7 Å². The average molecular weight is 356 g/mol. The van der Waals surface area contributed by atoms with Crippen LogP contribution in [0.25, 0.3) is 10.2 Å². The Morgan fingerprint density at radius 2 is 1.92 bits per heavy atom. The summed E-state index contributed by atoms with van der Waals surface area (Å²) in [5.74, 6) is 1.16. The molecule has 1 aliphatic heterocycles. The second kappa shape index (κ2) is 5.17. The third-order valence-electron chi connectivity index (χ3n) is 5.35. The molecule has 1 saturated heterocycles. The van der Waals surface area contributed by atoms with Gasteiger partial charge in [0.15, 0.2) is 4.34 Å². The molecule has 0 spiro atoms. The zero-order valence-corrected chi connectivity index (χ0v) is 14.8. The molecule has 3 aliphatic rings. The Morgan fingerprint density at radius 1 is 1.21 bits per heavy atom. The van der Waals surface area contributed by atoms with Gasteiger partial charge in [-0.25, -0.2) is 9.88 Å². The third-order valence-corrected chi connectivity index (χ3v) is 7.39. The number of nitrogens with zero attached hydrogens (tertiary/aromatic N) is 2. The number of carbonyl (C=O) groups excluding carboxylic acids is 2. The van der Waals surface area contributed by atoms with E-state index in [1.807, 2.05) is 18.2 Å². The molecule has 2 fully saturated rings. The van der Waals surface area contributed by atoms with E-state index in [4.69, 9.17) is 0 Å². The molecule has 4 atom stereocenters. The molecule has 0 N–H and O–H groups in total. The van der Waals surface area contributed by atoms with Crippen molar-refractivity contribution in [1.29, 1.82) is 0 Å². The molecule has 2 bridgehead atoms. The predicted molar refractivity (Wildman–Crippen MR) is 96.2 cm³/mol. The van der Waals surface area contributed by atoms with Crippen molar-refractivity contribution in [2.24, 2.45) is 23.7 Å². The van der Waals surface area contributed by atoms with Crippen LogP contribution in [0.3, 0.4) is 0 Å². The van der Waals surface area contributed by atoms with Crippen molar-refractivity contribution in [1.82, 2.24) is 4.98 Å². The summed E-state index contributed by atoms with van der Waals surface area (Å²) >= 11 is 3.34. The van der Waals surface area contributed by atoms with E-state index in [-0.39, 0.29) is 35.5 Å². The lowest BCUT2D eigenvalue weighted by molar-refractivity contribution is -0.123. The van der Waals surface area contributed by atoms with Crippen molar-refractivity contribution < 1.29 is 9.59 Å². The summed E-state index contributed by atoms with van der Waals surface area (Å²) in [6.07, 6.45) is 5.22. The number of aromatic nitrogens is 1. The first-order valence-corrected chi connectivity index (χ1v) is 10.1. The number of rotatable bonds is 3. The first-order valence-electron chi connectivity index (χ1n) is 8.27. The smallest absolute Gasteiger partial charge is 0.238 e. The fraction of sp³-hybridized carbons (Fsp3) is 0.389. The number of fused-ring (bicyclic) bond motifs is 6. The summed E-state index contributed by atoms with van der Waals surface area (Å²) < 4.78 is 2.06. The Morgan fingerprint density at radius 3 is 2.58 bits per heavy atom. The van der Waals surface area contributed by atoms with Gasteiger partial charge in [-0.2, -0.15) is 0 Å². The monoisotopic (exact) mass is 356 g/mol. The van der Waals surface area contributed by atoms with E-state index in [2.05, 4.69) is 24.1 Å². The predicted octanol–water partition coefficient (Wildman–Crippen LogP) is 3.72. The Balaban J connectivity index is 1.53. The summed E-state index contributed by atoms with van der Waals surface area (Å²) in [6.45, 7) is 2.10. The van der Waals surface area contributed by atoms with Gasteiger partial charge in [0, 0.05) is 0 Å². The third kappa shape index (κ3) is 1.90. The maximum absolute atomic E-state index is 12.9. The molecule has 1 saturated carbocycles. The van der Waals surface area contributed by atoms with Gasteiger partial charge in [-0.1, -0.05) is 30.8 Å². The highest BCUT2D eigenvalue weighted by molar-refractivity contribution is 8.01. The van der Waals surface area contributed by atoms with Crippen molar-refractivity contribution in [3.63, 3.8) is 0 Å². The zero-order chi connectivity index (χ0) is 16.4. The lowest BCUT2D eigenvalue weighted by Crippen LogP contribution is -2.32.